The molecule has 0 radical (unpaired) electrons. The predicted molar refractivity (Wildman–Crippen MR) is 163 cm³/mol. The summed E-state index contributed by atoms with van der Waals surface area (Å²) >= 11 is 0. The van der Waals surface area contributed by atoms with Crippen LogP contribution in [0.1, 0.15) is 127 Å². The van der Waals surface area contributed by atoms with Gasteiger partial charge in [0, 0.05) is 34.9 Å². The summed E-state index contributed by atoms with van der Waals surface area (Å²) in [6, 6.07) is 8.05. The fourth-order valence-electron chi connectivity index (χ4n) is 7.27. The molecule has 0 bridgehead atoms. The third-order valence-corrected chi connectivity index (χ3v) is 10.3. The number of benzene rings is 1. The second kappa shape index (κ2) is 13.5. The Bertz CT molecular complexity index is 1030. The van der Waals surface area contributed by atoms with Crippen molar-refractivity contribution in [2.45, 2.75) is 133 Å². The van der Waals surface area contributed by atoms with Crippen molar-refractivity contribution in [2.24, 2.45) is 17.6 Å². The highest BCUT2D eigenvalue weighted by atomic mass is 16.1. The molecule has 2 saturated carbocycles. The molecule has 1 amide bonds. The van der Waals surface area contributed by atoms with Gasteiger partial charge in [-0.1, -0.05) is 96.5 Å². The molecular weight excluding hydrogens is 465 g/mol. The number of pyridine rings is 1. The number of hydrogen-bond acceptors (Lipinski definition) is 3. The minimum absolute atomic E-state index is 0.0392. The van der Waals surface area contributed by atoms with Gasteiger partial charge in [0.2, 0.25) is 0 Å². The van der Waals surface area contributed by atoms with Gasteiger partial charge in [-0.3, -0.25) is 9.78 Å². The topological polar surface area (TPSA) is 68.0 Å². The second-order valence-electron chi connectivity index (χ2n) is 13.4. The summed E-state index contributed by atoms with van der Waals surface area (Å²) in [6.45, 7) is 4.70. The van der Waals surface area contributed by atoms with Gasteiger partial charge >= 0.3 is 0 Å². The van der Waals surface area contributed by atoms with E-state index >= 15 is 0 Å². The van der Waals surface area contributed by atoms with Crippen LogP contribution in [0.15, 0.2) is 36.7 Å². The Morgan fingerprint density at radius 3 is 2.42 bits per heavy atom. The Hall–Kier alpha value is -1.88. The van der Waals surface area contributed by atoms with Gasteiger partial charge in [0.05, 0.1) is 0 Å². The second-order valence-corrected chi connectivity index (χ2v) is 13.4. The van der Waals surface area contributed by atoms with Crippen LogP contribution >= 0.6 is 0 Å². The molecule has 0 aliphatic heterocycles. The van der Waals surface area contributed by atoms with Crippen molar-refractivity contribution < 1.29 is 4.79 Å². The van der Waals surface area contributed by atoms with Crippen LogP contribution < -0.4 is 11.1 Å². The van der Waals surface area contributed by atoms with Gasteiger partial charge in [-0.05, 0) is 66.9 Å². The monoisotopic (exact) mass is 517 g/mol. The molecule has 0 spiro atoms. The lowest BCUT2D eigenvalue weighted by Gasteiger charge is -2.48. The summed E-state index contributed by atoms with van der Waals surface area (Å²) in [7, 11) is 2.44. The molecule has 5 heteroatoms. The molecule has 38 heavy (non-hydrogen) atoms. The zero-order valence-electron chi connectivity index (χ0n) is 24.4. The van der Waals surface area contributed by atoms with E-state index in [-0.39, 0.29) is 22.8 Å². The summed E-state index contributed by atoms with van der Waals surface area (Å²) in [6.07, 6.45) is 23.6. The van der Waals surface area contributed by atoms with E-state index in [2.05, 4.69) is 32.0 Å². The van der Waals surface area contributed by atoms with Gasteiger partial charge in [0.1, 0.15) is 7.85 Å². The first-order valence-electron chi connectivity index (χ1n) is 15.7. The van der Waals surface area contributed by atoms with Crippen molar-refractivity contribution in [1.82, 2.24) is 10.3 Å². The summed E-state index contributed by atoms with van der Waals surface area (Å²) in [5.74, 6) is 1.33. The summed E-state index contributed by atoms with van der Waals surface area (Å²) in [5, 5.41) is 5.79. The number of carbonyl (C=O) groups excluding carboxylic acids is 1. The number of rotatable bonds is 6. The number of nitrogens with zero attached hydrogens (tertiary/aromatic N) is 1. The molecule has 4 unspecified atom stereocenters. The first-order chi connectivity index (χ1) is 18.3. The number of fused-ring (bicyclic) bond motifs is 1. The van der Waals surface area contributed by atoms with E-state index in [1.165, 1.54) is 96.3 Å². The van der Waals surface area contributed by atoms with E-state index in [0.717, 1.165) is 28.7 Å². The Balaban J connectivity index is 1.58. The highest BCUT2D eigenvalue weighted by Crippen LogP contribution is 2.48. The highest BCUT2D eigenvalue weighted by Gasteiger charge is 2.43. The standard InChI is InChI=1S/C33H52BN3O/c1-25-12-7-8-14-26(15-11-13-25)30(23-32(2,35)33(34)19-9-5-3-4-6-10-20-33)37-31(38)28-16-17-29-24-36-21-18-27(29)22-28/h16-18,21-22,24-26,30H,3-15,19-20,23,34-35H2,1-2H3,(H,37,38). The van der Waals surface area contributed by atoms with Crippen LogP contribution in [0, 0.1) is 11.8 Å². The highest BCUT2D eigenvalue weighted by molar-refractivity contribution is 6.16. The smallest absolute Gasteiger partial charge is 0.251 e. The van der Waals surface area contributed by atoms with E-state index in [0.29, 0.717) is 5.92 Å². The number of nitrogens with two attached hydrogens (primary N) is 1. The van der Waals surface area contributed by atoms with Crippen LogP contribution in [0.5, 0.6) is 0 Å². The normalized spacial score (nSPS) is 25.9. The molecule has 1 aromatic carbocycles. The molecule has 4 nitrogen and oxygen atoms in total. The third kappa shape index (κ3) is 7.61. The first-order valence-corrected chi connectivity index (χ1v) is 15.7. The number of carbonyl (C=O) groups is 1. The lowest BCUT2D eigenvalue weighted by atomic mass is 9.51. The third-order valence-electron chi connectivity index (χ3n) is 10.3. The molecule has 2 aliphatic carbocycles. The predicted octanol–water partition coefficient (Wildman–Crippen LogP) is 7.36. The lowest BCUT2D eigenvalue weighted by Crippen LogP contribution is -2.55. The molecule has 3 N–H and O–H groups in total. The quantitative estimate of drug-likeness (QED) is 0.393. The maximum Gasteiger partial charge on any atom is 0.251 e. The van der Waals surface area contributed by atoms with Crippen LogP contribution in [0.3, 0.4) is 0 Å². The molecule has 0 saturated heterocycles. The number of aromatic nitrogens is 1. The zero-order chi connectivity index (χ0) is 27.0. The van der Waals surface area contributed by atoms with Gasteiger partial charge in [-0.25, -0.2) is 0 Å². The van der Waals surface area contributed by atoms with E-state index in [1.807, 2.05) is 30.5 Å². The zero-order valence-corrected chi connectivity index (χ0v) is 24.4. The molecule has 2 aliphatic rings. The maximum absolute atomic E-state index is 13.7. The number of hydrogen-bond donors (Lipinski definition) is 2. The van der Waals surface area contributed by atoms with Crippen molar-refractivity contribution >= 4 is 24.5 Å². The van der Waals surface area contributed by atoms with Gasteiger partial charge in [0.25, 0.3) is 5.91 Å². The van der Waals surface area contributed by atoms with E-state index in [1.54, 1.807) is 6.20 Å². The fourth-order valence-corrected chi connectivity index (χ4v) is 7.27. The molecule has 1 aromatic heterocycles. The molecule has 4 rings (SSSR count). The SMILES string of the molecule is BC1(C(C)(N)CC(NC(=O)c2ccc3cnccc3c2)C2CCCCC(C)CCC2)CCCCCCCC1. The van der Waals surface area contributed by atoms with Crippen LogP contribution in [0.2, 0.25) is 5.31 Å². The minimum Gasteiger partial charge on any atom is -0.349 e. The molecule has 208 valence electrons. The number of amides is 1. The first kappa shape index (κ1) is 29.1. The maximum atomic E-state index is 13.7. The van der Waals surface area contributed by atoms with Crippen molar-refractivity contribution in [2.75, 3.05) is 0 Å². The van der Waals surface area contributed by atoms with Crippen molar-refractivity contribution in [3.05, 3.63) is 42.2 Å². The Labute approximate surface area is 232 Å². The van der Waals surface area contributed by atoms with Crippen LogP contribution in [-0.2, 0) is 0 Å². The van der Waals surface area contributed by atoms with Gasteiger partial charge < -0.3 is 11.1 Å². The molecular formula is C33H52BN3O. The van der Waals surface area contributed by atoms with Crippen molar-refractivity contribution in [3.8, 4) is 0 Å². The van der Waals surface area contributed by atoms with Crippen LogP contribution in [-0.4, -0.2) is 30.3 Å². The summed E-state index contributed by atoms with van der Waals surface area (Å²) in [4.78, 5) is 18.0. The van der Waals surface area contributed by atoms with Crippen molar-refractivity contribution in [3.63, 3.8) is 0 Å². The van der Waals surface area contributed by atoms with Gasteiger partial charge in [-0.15, -0.1) is 0 Å². The summed E-state index contributed by atoms with van der Waals surface area (Å²) in [5.41, 5.74) is 7.77. The average molecular weight is 518 g/mol. The van der Waals surface area contributed by atoms with Crippen LogP contribution in [0.25, 0.3) is 10.8 Å². The Morgan fingerprint density at radius 2 is 1.66 bits per heavy atom. The van der Waals surface area contributed by atoms with E-state index in [4.69, 9.17) is 5.73 Å². The lowest BCUT2D eigenvalue weighted by molar-refractivity contribution is 0.0894. The molecule has 2 fully saturated rings. The van der Waals surface area contributed by atoms with Crippen LogP contribution in [0.4, 0.5) is 0 Å². The van der Waals surface area contributed by atoms with E-state index in [9.17, 15) is 4.79 Å². The molecule has 4 atom stereocenters. The largest absolute Gasteiger partial charge is 0.349 e. The molecule has 1 heterocycles. The number of nitrogens with one attached hydrogen (secondary N) is 1. The average Bonchev–Trinajstić information content (AvgIpc) is 3.08. The van der Waals surface area contributed by atoms with Gasteiger partial charge in [-0.2, -0.15) is 0 Å². The molecule has 2 aromatic rings. The Kier molecular flexibility index (Phi) is 10.3. The van der Waals surface area contributed by atoms with Crippen molar-refractivity contribution in [1.29, 1.82) is 0 Å². The fraction of sp³-hybridized carbons (Fsp3) is 0.697. The minimum atomic E-state index is -0.323. The Morgan fingerprint density at radius 1 is 1.00 bits per heavy atom. The van der Waals surface area contributed by atoms with E-state index < -0.39 is 0 Å². The summed E-state index contributed by atoms with van der Waals surface area (Å²) < 4.78 is 0. The van der Waals surface area contributed by atoms with Gasteiger partial charge in [0.15, 0.2) is 0 Å².